The van der Waals surface area contributed by atoms with Crippen molar-refractivity contribution in [3.05, 3.63) is 16.9 Å². The van der Waals surface area contributed by atoms with Crippen molar-refractivity contribution in [2.75, 3.05) is 12.8 Å². The molecule has 0 spiro atoms. The fourth-order valence-electron chi connectivity index (χ4n) is 1.14. The maximum absolute atomic E-state index is 11.8. The number of hydrogen-bond acceptors (Lipinski definition) is 6. The number of carbonyl (C=O) groups excluding carboxylic acids is 1. The molecule has 19 heavy (non-hydrogen) atoms. The Morgan fingerprint density at radius 1 is 1.58 bits per heavy atom. The molecule has 0 fully saturated rings. The van der Waals surface area contributed by atoms with Crippen LogP contribution in [0.5, 0.6) is 0 Å². The minimum Gasteiger partial charge on any atom is -0.479 e. The van der Waals surface area contributed by atoms with Gasteiger partial charge in [-0.3, -0.25) is 4.79 Å². The maximum atomic E-state index is 11.8. The Hall–Kier alpha value is -1.38. The molecular weight excluding hydrogens is 294 g/mol. The number of amides is 1. The highest BCUT2D eigenvalue weighted by molar-refractivity contribution is 7.98. The Bertz CT molecular complexity index is 486. The molecule has 3 N–H and O–H groups in total. The number of rotatable bonds is 6. The van der Waals surface area contributed by atoms with E-state index in [2.05, 4.69) is 15.3 Å². The smallest absolute Gasteiger partial charge is 0.332 e. The minimum atomic E-state index is -1.51. The van der Waals surface area contributed by atoms with Crippen LogP contribution in [0.1, 0.15) is 16.9 Å². The van der Waals surface area contributed by atoms with Gasteiger partial charge in [-0.25, -0.2) is 14.8 Å². The first-order valence-electron chi connectivity index (χ1n) is 5.21. The van der Waals surface area contributed by atoms with Crippen LogP contribution in [0.2, 0.25) is 5.02 Å². The average molecular weight is 306 g/mol. The zero-order valence-electron chi connectivity index (χ0n) is 9.96. The van der Waals surface area contributed by atoms with Crippen LogP contribution in [0, 0.1) is 0 Å². The number of halogens is 1. The Labute approximate surface area is 118 Å². The standard InChI is InChI=1S/C10H12ClN3O4S/c1-19-10-13-4-5(11)7(14-10)8(16)12-3-2-6(15)9(17)18/h4,6,15H,2-3H2,1H3,(H,12,16)(H,17,18)/t6-/m0/s1. The molecule has 0 aliphatic carbocycles. The fourth-order valence-corrected chi connectivity index (χ4v) is 1.66. The molecule has 0 aliphatic heterocycles. The van der Waals surface area contributed by atoms with Crippen LogP contribution in [0.4, 0.5) is 0 Å². The number of thioether (sulfide) groups is 1. The summed E-state index contributed by atoms with van der Waals surface area (Å²) in [4.78, 5) is 30.0. The predicted octanol–water partition coefficient (Wildman–Crippen LogP) is 0.417. The number of aliphatic hydroxyl groups is 1. The lowest BCUT2D eigenvalue weighted by atomic mass is 10.2. The van der Waals surface area contributed by atoms with Gasteiger partial charge in [0.05, 0.1) is 11.2 Å². The zero-order valence-corrected chi connectivity index (χ0v) is 11.5. The van der Waals surface area contributed by atoms with E-state index in [9.17, 15) is 9.59 Å². The van der Waals surface area contributed by atoms with Crippen molar-refractivity contribution in [3.8, 4) is 0 Å². The largest absolute Gasteiger partial charge is 0.479 e. The summed E-state index contributed by atoms with van der Waals surface area (Å²) in [5.41, 5.74) is 0.0193. The molecule has 0 radical (unpaired) electrons. The van der Waals surface area contributed by atoms with Gasteiger partial charge in [-0.1, -0.05) is 23.4 Å². The summed E-state index contributed by atoms with van der Waals surface area (Å²) in [6.45, 7) is 0.00122. The number of carboxylic acids is 1. The van der Waals surface area contributed by atoms with Crippen LogP contribution in [0.15, 0.2) is 11.4 Å². The predicted molar refractivity (Wildman–Crippen MR) is 69.4 cm³/mol. The molecule has 1 aromatic heterocycles. The first kappa shape index (κ1) is 15.7. The summed E-state index contributed by atoms with van der Waals surface area (Å²) in [7, 11) is 0. The van der Waals surface area contributed by atoms with E-state index in [-0.39, 0.29) is 23.7 Å². The summed E-state index contributed by atoms with van der Waals surface area (Å²) in [6, 6.07) is 0. The molecule has 0 aromatic carbocycles. The monoisotopic (exact) mass is 305 g/mol. The van der Waals surface area contributed by atoms with E-state index in [1.54, 1.807) is 6.26 Å². The van der Waals surface area contributed by atoms with Gasteiger partial charge < -0.3 is 15.5 Å². The third-order valence-electron chi connectivity index (χ3n) is 2.11. The van der Waals surface area contributed by atoms with Gasteiger partial charge in [-0.05, 0) is 6.26 Å². The number of aliphatic hydroxyl groups excluding tert-OH is 1. The van der Waals surface area contributed by atoms with Gasteiger partial charge in [-0.15, -0.1) is 0 Å². The van der Waals surface area contributed by atoms with Crippen molar-refractivity contribution in [1.29, 1.82) is 0 Å². The van der Waals surface area contributed by atoms with Crippen molar-refractivity contribution >= 4 is 35.2 Å². The highest BCUT2D eigenvalue weighted by atomic mass is 35.5. The van der Waals surface area contributed by atoms with E-state index in [0.717, 1.165) is 0 Å². The topological polar surface area (TPSA) is 112 Å². The van der Waals surface area contributed by atoms with E-state index >= 15 is 0 Å². The van der Waals surface area contributed by atoms with E-state index < -0.39 is 18.0 Å². The highest BCUT2D eigenvalue weighted by Gasteiger charge is 2.16. The van der Waals surface area contributed by atoms with Gasteiger partial charge in [0.15, 0.2) is 17.0 Å². The van der Waals surface area contributed by atoms with Crippen molar-refractivity contribution in [1.82, 2.24) is 15.3 Å². The second-order valence-corrected chi connectivity index (χ2v) is 4.63. The molecule has 9 heteroatoms. The van der Waals surface area contributed by atoms with Gasteiger partial charge >= 0.3 is 5.97 Å². The number of carboxylic acid groups (broad SMARTS) is 1. The third kappa shape index (κ3) is 4.66. The van der Waals surface area contributed by atoms with Crippen LogP contribution >= 0.6 is 23.4 Å². The molecule has 0 bridgehead atoms. The van der Waals surface area contributed by atoms with Crippen LogP contribution in [0.3, 0.4) is 0 Å². The summed E-state index contributed by atoms with van der Waals surface area (Å²) < 4.78 is 0. The quantitative estimate of drug-likeness (QED) is 0.515. The molecule has 1 amide bonds. The minimum absolute atomic E-state index is 0.00122. The van der Waals surface area contributed by atoms with E-state index in [1.165, 1.54) is 18.0 Å². The van der Waals surface area contributed by atoms with Crippen LogP contribution in [-0.2, 0) is 4.79 Å². The van der Waals surface area contributed by atoms with Crippen molar-refractivity contribution < 1.29 is 19.8 Å². The fraction of sp³-hybridized carbons (Fsp3) is 0.400. The third-order valence-corrected chi connectivity index (χ3v) is 2.95. The lowest BCUT2D eigenvalue weighted by Crippen LogP contribution is -2.30. The summed E-state index contributed by atoms with van der Waals surface area (Å²) in [5, 5.41) is 20.4. The van der Waals surface area contributed by atoms with Crippen molar-refractivity contribution in [2.24, 2.45) is 0 Å². The van der Waals surface area contributed by atoms with E-state index in [4.69, 9.17) is 21.8 Å². The van der Waals surface area contributed by atoms with Gasteiger partial charge in [0.2, 0.25) is 0 Å². The number of aliphatic carboxylic acids is 1. The van der Waals surface area contributed by atoms with Gasteiger partial charge in [0, 0.05) is 13.0 Å². The second kappa shape index (κ2) is 7.27. The molecule has 7 nitrogen and oxygen atoms in total. The molecule has 1 atom stereocenters. The van der Waals surface area contributed by atoms with Crippen LogP contribution in [-0.4, -0.2) is 51.0 Å². The number of hydrogen-bond donors (Lipinski definition) is 3. The van der Waals surface area contributed by atoms with Crippen LogP contribution in [0.25, 0.3) is 0 Å². The molecule has 0 unspecified atom stereocenters. The van der Waals surface area contributed by atoms with Gasteiger partial charge in [-0.2, -0.15) is 0 Å². The number of nitrogens with one attached hydrogen (secondary N) is 1. The van der Waals surface area contributed by atoms with E-state index in [0.29, 0.717) is 5.16 Å². The molecular formula is C10H12ClN3O4S. The Morgan fingerprint density at radius 2 is 2.26 bits per heavy atom. The van der Waals surface area contributed by atoms with Crippen LogP contribution < -0.4 is 5.32 Å². The van der Waals surface area contributed by atoms with Gasteiger partial charge in [0.25, 0.3) is 5.91 Å². The summed E-state index contributed by atoms with van der Waals surface area (Å²) >= 11 is 7.06. The van der Waals surface area contributed by atoms with Crippen molar-refractivity contribution in [3.63, 3.8) is 0 Å². The maximum Gasteiger partial charge on any atom is 0.332 e. The number of nitrogens with zero attached hydrogens (tertiary/aromatic N) is 2. The molecule has 104 valence electrons. The Morgan fingerprint density at radius 3 is 2.84 bits per heavy atom. The van der Waals surface area contributed by atoms with E-state index in [1.807, 2.05) is 0 Å². The lowest BCUT2D eigenvalue weighted by molar-refractivity contribution is -0.146. The second-order valence-electron chi connectivity index (χ2n) is 3.45. The number of carbonyl (C=O) groups is 2. The lowest BCUT2D eigenvalue weighted by Gasteiger charge is -2.08. The average Bonchev–Trinajstić information content (AvgIpc) is 2.38. The SMILES string of the molecule is CSc1ncc(Cl)c(C(=O)NCC[C@H](O)C(=O)O)n1. The summed E-state index contributed by atoms with van der Waals surface area (Å²) in [6.07, 6.45) is 1.47. The van der Waals surface area contributed by atoms with Crippen molar-refractivity contribution in [2.45, 2.75) is 17.7 Å². The highest BCUT2D eigenvalue weighted by Crippen LogP contribution is 2.16. The molecule has 1 heterocycles. The molecule has 0 saturated heterocycles. The molecule has 1 rings (SSSR count). The zero-order chi connectivity index (χ0) is 14.4. The molecule has 1 aromatic rings. The molecule has 0 saturated carbocycles. The first-order chi connectivity index (χ1) is 8.95. The Kier molecular flexibility index (Phi) is 6.00. The number of aromatic nitrogens is 2. The van der Waals surface area contributed by atoms with Gasteiger partial charge in [0.1, 0.15) is 0 Å². The summed E-state index contributed by atoms with van der Waals surface area (Å²) in [5.74, 6) is -1.88. The molecule has 0 aliphatic rings. The Balaban J connectivity index is 2.61. The first-order valence-corrected chi connectivity index (χ1v) is 6.81. The normalized spacial score (nSPS) is 11.9.